The summed E-state index contributed by atoms with van der Waals surface area (Å²) in [5.41, 5.74) is 2.39. The van der Waals surface area contributed by atoms with Gasteiger partial charge in [-0.15, -0.1) is 0 Å². The van der Waals surface area contributed by atoms with E-state index in [1.165, 1.54) is 0 Å². The van der Waals surface area contributed by atoms with Gasteiger partial charge in [0.25, 0.3) is 0 Å². The fourth-order valence-corrected chi connectivity index (χ4v) is 1.84. The van der Waals surface area contributed by atoms with Gasteiger partial charge < -0.3 is 4.74 Å². The van der Waals surface area contributed by atoms with Crippen molar-refractivity contribution in [1.82, 2.24) is 0 Å². The number of carbonyl (C=O) groups excluding carboxylic acids is 1. The van der Waals surface area contributed by atoms with Crippen molar-refractivity contribution in [3.05, 3.63) is 65.2 Å². The summed E-state index contributed by atoms with van der Waals surface area (Å²) in [4.78, 5) is 12.4. The lowest BCUT2D eigenvalue weighted by Crippen LogP contribution is -2.05. The van der Waals surface area contributed by atoms with Gasteiger partial charge in [-0.05, 0) is 31.5 Å². The molecule has 0 N–H and O–H groups in total. The van der Waals surface area contributed by atoms with E-state index in [0.29, 0.717) is 23.5 Å². The molecule has 0 bridgehead atoms. The van der Waals surface area contributed by atoms with Crippen LogP contribution >= 0.6 is 0 Å². The summed E-state index contributed by atoms with van der Waals surface area (Å²) in [5.74, 6) is 0.658. The van der Waals surface area contributed by atoms with Gasteiger partial charge in [0.05, 0.1) is 12.2 Å². The molecule has 18 heavy (non-hydrogen) atoms. The highest BCUT2D eigenvalue weighted by atomic mass is 16.5. The lowest BCUT2D eigenvalue weighted by atomic mass is 10.0. The fraction of sp³-hybridized carbons (Fsp3) is 0.188. The predicted octanol–water partition coefficient (Wildman–Crippen LogP) is 3.62. The van der Waals surface area contributed by atoms with Crippen molar-refractivity contribution in [1.29, 1.82) is 0 Å². The Hall–Kier alpha value is -2.09. The number of ketones is 1. The zero-order chi connectivity index (χ0) is 13.0. The highest BCUT2D eigenvalue weighted by Crippen LogP contribution is 2.23. The van der Waals surface area contributed by atoms with Crippen LogP contribution in [0.25, 0.3) is 0 Å². The topological polar surface area (TPSA) is 26.3 Å². The molecule has 92 valence electrons. The molecule has 0 radical (unpaired) electrons. The van der Waals surface area contributed by atoms with Gasteiger partial charge >= 0.3 is 0 Å². The number of hydrogen-bond acceptors (Lipinski definition) is 2. The van der Waals surface area contributed by atoms with Crippen LogP contribution in [0, 0.1) is 6.92 Å². The van der Waals surface area contributed by atoms with Crippen LogP contribution in [0.4, 0.5) is 0 Å². The monoisotopic (exact) mass is 240 g/mol. The van der Waals surface area contributed by atoms with Crippen molar-refractivity contribution in [3.8, 4) is 5.75 Å². The Balaban J connectivity index is 2.41. The first-order valence-electron chi connectivity index (χ1n) is 6.05. The maximum absolute atomic E-state index is 12.4. The van der Waals surface area contributed by atoms with Crippen LogP contribution in [0.1, 0.15) is 28.4 Å². The molecular weight excluding hydrogens is 224 g/mol. The molecule has 0 fully saturated rings. The normalized spacial score (nSPS) is 10.1. The minimum absolute atomic E-state index is 0.000880. The Bertz CT molecular complexity index is 544. The third-order valence-corrected chi connectivity index (χ3v) is 2.72. The van der Waals surface area contributed by atoms with Crippen molar-refractivity contribution in [3.63, 3.8) is 0 Å². The molecule has 0 aliphatic carbocycles. The van der Waals surface area contributed by atoms with Crippen LogP contribution in [0.3, 0.4) is 0 Å². The van der Waals surface area contributed by atoms with E-state index in [1.54, 1.807) is 0 Å². The van der Waals surface area contributed by atoms with E-state index in [1.807, 2.05) is 62.4 Å². The molecule has 0 aromatic heterocycles. The molecule has 0 spiro atoms. The molecular formula is C16H16O2. The maximum Gasteiger partial charge on any atom is 0.196 e. The quantitative estimate of drug-likeness (QED) is 0.763. The zero-order valence-electron chi connectivity index (χ0n) is 10.6. The lowest BCUT2D eigenvalue weighted by molar-refractivity contribution is 0.103. The number of rotatable bonds is 4. The van der Waals surface area contributed by atoms with Crippen molar-refractivity contribution in [2.45, 2.75) is 13.8 Å². The molecule has 2 heteroatoms. The van der Waals surface area contributed by atoms with Crippen molar-refractivity contribution < 1.29 is 9.53 Å². The van der Waals surface area contributed by atoms with E-state index < -0.39 is 0 Å². The minimum Gasteiger partial charge on any atom is -0.493 e. The van der Waals surface area contributed by atoms with Gasteiger partial charge in [0.15, 0.2) is 5.78 Å². The fourth-order valence-electron chi connectivity index (χ4n) is 1.84. The van der Waals surface area contributed by atoms with Crippen LogP contribution in [0.2, 0.25) is 0 Å². The van der Waals surface area contributed by atoms with Crippen LogP contribution in [-0.2, 0) is 0 Å². The zero-order valence-corrected chi connectivity index (χ0v) is 10.6. The summed E-state index contributed by atoms with van der Waals surface area (Å²) in [6, 6.07) is 14.9. The Morgan fingerprint density at radius 1 is 1.11 bits per heavy atom. The van der Waals surface area contributed by atoms with Gasteiger partial charge in [0.1, 0.15) is 5.75 Å². The second kappa shape index (κ2) is 5.50. The first-order valence-corrected chi connectivity index (χ1v) is 6.05. The molecule has 0 aliphatic rings. The summed E-state index contributed by atoms with van der Waals surface area (Å²) in [5, 5.41) is 0. The molecule has 0 heterocycles. The van der Waals surface area contributed by atoms with E-state index in [4.69, 9.17) is 4.74 Å². The van der Waals surface area contributed by atoms with Crippen molar-refractivity contribution >= 4 is 5.78 Å². The number of carbonyl (C=O) groups is 1. The summed E-state index contributed by atoms with van der Waals surface area (Å²) >= 11 is 0. The Morgan fingerprint density at radius 2 is 1.83 bits per heavy atom. The molecule has 2 aromatic carbocycles. The standard InChI is InChI=1S/C16H16O2/c1-3-18-15-11-12(2)9-10-14(15)16(17)13-7-5-4-6-8-13/h4-11H,3H2,1-2H3. The Morgan fingerprint density at radius 3 is 2.50 bits per heavy atom. The number of hydrogen-bond donors (Lipinski definition) is 0. The highest BCUT2D eigenvalue weighted by molar-refractivity contribution is 6.10. The molecule has 0 saturated heterocycles. The van der Waals surface area contributed by atoms with Gasteiger partial charge in [-0.3, -0.25) is 4.79 Å². The smallest absolute Gasteiger partial charge is 0.196 e. The molecule has 0 aliphatic heterocycles. The summed E-state index contributed by atoms with van der Waals surface area (Å²) in [6.07, 6.45) is 0. The van der Waals surface area contributed by atoms with Gasteiger partial charge in [-0.25, -0.2) is 0 Å². The number of benzene rings is 2. The van der Waals surface area contributed by atoms with Crippen LogP contribution in [0.5, 0.6) is 5.75 Å². The van der Waals surface area contributed by atoms with Crippen LogP contribution < -0.4 is 4.74 Å². The molecule has 2 aromatic rings. The van der Waals surface area contributed by atoms with Crippen LogP contribution in [-0.4, -0.2) is 12.4 Å². The number of ether oxygens (including phenoxy) is 1. The summed E-state index contributed by atoms with van der Waals surface area (Å²) in [7, 11) is 0. The average molecular weight is 240 g/mol. The third kappa shape index (κ3) is 2.59. The van der Waals surface area contributed by atoms with E-state index in [-0.39, 0.29) is 5.78 Å². The number of aryl methyl sites for hydroxylation is 1. The van der Waals surface area contributed by atoms with E-state index in [0.717, 1.165) is 5.56 Å². The molecule has 0 amide bonds. The van der Waals surface area contributed by atoms with Gasteiger partial charge in [-0.1, -0.05) is 36.4 Å². The Labute approximate surface area is 107 Å². The third-order valence-electron chi connectivity index (χ3n) is 2.72. The molecule has 0 saturated carbocycles. The molecule has 2 nitrogen and oxygen atoms in total. The SMILES string of the molecule is CCOc1cc(C)ccc1C(=O)c1ccccc1. The molecule has 2 rings (SSSR count). The van der Waals surface area contributed by atoms with E-state index >= 15 is 0 Å². The van der Waals surface area contributed by atoms with E-state index in [2.05, 4.69) is 0 Å². The minimum atomic E-state index is -0.000880. The first-order chi connectivity index (χ1) is 8.72. The Kier molecular flexibility index (Phi) is 3.78. The average Bonchev–Trinajstić information content (AvgIpc) is 2.40. The second-order valence-electron chi connectivity index (χ2n) is 4.13. The van der Waals surface area contributed by atoms with Crippen molar-refractivity contribution in [2.24, 2.45) is 0 Å². The van der Waals surface area contributed by atoms with Gasteiger partial charge in [0, 0.05) is 5.56 Å². The van der Waals surface area contributed by atoms with Crippen LogP contribution in [0.15, 0.2) is 48.5 Å². The highest BCUT2D eigenvalue weighted by Gasteiger charge is 2.14. The first kappa shape index (κ1) is 12.4. The van der Waals surface area contributed by atoms with Gasteiger partial charge in [0.2, 0.25) is 0 Å². The molecule has 0 unspecified atom stereocenters. The largest absolute Gasteiger partial charge is 0.493 e. The maximum atomic E-state index is 12.4. The van der Waals surface area contributed by atoms with E-state index in [9.17, 15) is 4.79 Å². The summed E-state index contributed by atoms with van der Waals surface area (Å²) in [6.45, 7) is 4.46. The van der Waals surface area contributed by atoms with Gasteiger partial charge in [-0.2, -0.15) is 0 Å². The lowest BCUT2D eigenvalue weighted by Gasteiger charge is -2.10. The summed E-state index contributed by atoms with van der Waals surface area (Å²) < 4.78 is 5.54. The predicted molar refractivity (Wildman–Crippen MR) is 72.2 cm³/mol. The van der Waals surface area contributed by atoms with Crippen molar-refractivity contribution in [2.75, 3.05) is 6.61 Å². The molecule has 0 atom stereocenters. The second-order valence-corrected chi connectivity index (χ2v) is 4.13.